The average molecular weight is 179 g/mol. The molecule has 1 aromatic rings. The van der Waals surface area contributed by atoms with Gasteiger partial charge >= 0.3 is 0 Å². The second kappa shape index (κ2) is 3.14. The Morgan fingerprint density at radius 1 is 1.46 bits per heavy atom. The molecule has 1 aliphatic rings. The molecule has 0 N–H and O–H groups in total. The third kappa shape index (κ3) is 1.37. The van der Waals surface area contributed by atoms with Gasteiger partial charge in [-0.2, -0.15) is 5.10 Å². The van der Waals surface area contributed by atoms with Crippen LogP contribution in [0.15, 0.2) is 0 Å². The average Bonchev–Trinajstić information content (AvgIpc) is 2.42. The molecule has 0 aliphatic carbocycles. The SMILES string of the molecule is CCN1CCc2c(C)nn(C)c2C1. The minimum absolute atomic E-state index is 1.07. The number of hydrogen-bond donors (Lipinski definition) is 0. The maximum atomic E-state index is 4.45. The van der Waals surface area contributed by atoms with Gasteiger partial charge in [0.15, 0.2) is 0 Å². The van der Waals surface area contributed by atoms with Gasteiger partial charge in [-0.3, -0.25) is 9.58 Å². The Kier molecular flexibility index (Phi) is 2.12. The van der Waals surface area contributed by atoms with Gasteiger partial charge in [-0.25, -0.2) is 0 Å². The van der Waals surface area contributed by atoms with Gasteiger partial charge in [0, 0.05) is 20.1 Å². The first-order valence-corrected chi connectivity index (χ1v) is 4.96. The Hall–Kier alpha value is -0.830. The van der Waals surface area contributed by atoms with Gasteiger partial charge in [0.25, 0.3) is 0 Å². The third-order valence-electron chi connectivity index (χ3n) is 2.97. The number of nitrogens with zero attached hydrogens (tertiary/aromatic N) is 3. The first-order valence-electron chi connectivity index (χ1n) is 4.96. The predicted molar refractivity (Wildman–Crippen MR) is 52.6 cm³/mol. The van der Waals surface area contributed by atoms with E-state index in [4.69, 9.17) is 0 Å². The van der Waals surface area contributed by atoms with Gasteiger partial charge in [-0.05, 0) is 25.5 Å². The monoisotopic (exact) mass is 179 g/mol. The lowest BCUT2D eigenvalue weighted by Crippen LogP contribution is -2.31. The van der Waals surface area contributed by atoms with E-state index >= 15 is 0 Å². The van der Waals surface area contributed by atoms with Gasteiger partial charge in [0.05, 0.1) is 11.4 Å². The minimum Gasteiger partial charge on any atom is -0.297 e. The maximum absolute atomic E-state index is 4.45. The van der Waals surface area contributed by atoms with Gasteiger partial charge in [0.2, 0.25) is 0 Å². The van der Waals surface area contributed by atoms with Crippen LogP contribution in [0, 0.1) is 6.92 Å². The van der Waals surface area contributed by atoms with Crippen molar-refractivity contribution in [3.8, 4) is 0 Å². The molecule has 2 heterocycles. The van der Waals surface area contributed by atoms with Crippen molar-refractivity contribution in [3.05, 3.63) is 17.0 Å². The van der Waals surface area contributed by atoms with E-state index in [9.17, 15) is 0 Å². The van der Waals surface area contributed by atoms with Gasteiger partial charge in [-0.1, -0.05) is 6.92 Å². The summed E-state index contributed by atoms with van der Waals surface area (Å²) in [5.41, 5.74) is 4.10. The van der Waals surface area contributed by atoms with Crippen molar-refractivity contribution in [2.24, 2.45) is 7.05 Å². The molecular formula is C10H17N3. The molecule has 0 fully saturated rings. The molecule has 0 bridgehead atoms. The zero-order valence-electron chi connectivity index (χ0n) is 8.67. The van der Waals surface area contributed by atoms with Crippen LogP contribution in [0.2, 0.25) is 0 Å². The summed E-state index contributed by atoms with van der Waals surface area (Å²) in [6.07, 6.45) is 1.17. The van der Waals surface area contributed by atoms with Crippen LogP contribution in [-0.2, 0) is 20.0 Å². The topological polar surface area (TPSA) is 21.1 Å². The van der Waals surface area contributed by atoms with Crippen molar-refractivity contribution in [2.75, 3.05) is 13.1 Å². The summed E-state index contributed by atoms with van der Waals surface area (Å²) in [4.78, 5) is 2.46. The molecule has 3 nitrogen and oxygen atoms in total. The molecule has 0 unspecified atom stereocenters. The smallest absolute Gasteiger partial charge is 0.0629 e. The number of rotatable bonds is 1. The van der Waals surface area contributed by atoms with Crippen molar-refractivity contribution in [1.29, 1.82) is 0 Å². The normalized spacial score (nSPS) is 17.5. The van der Waals surface area contributed by atoms with Gasteiger partial charge in [0.1, 0.15) is 0 Å². The minimum atomic E-state index is 1.07. The van der Waals surface area contributed by atoms with E-state index in [2.05, 4.69) is 23.8 Å². The maximum Gasteiger partial charge on any atom is 0.0629 e. The molecule has 0 radical (unpaired) electrons. The third-order valence-corrected chi connectivity index (χ3v) is 2.97. The summed E-state index contributed by atoms with van der Waals surface area (Å²) in [5.74, 6) is 0. The van der Waals surface area contributed by atoms with E-state index in [1.54, 1.807) is 0 Å². The summed E-state index contributed by atoms with van der Waals surface area (Å²) >= 11 is 0. The number of aryl methyl sites for hydroxylation is 2. The molecule has 0 spiro atoms. The van der Waals surface area contributed by atoms with Crippen molar-refractivity contribution in [2.45, 2.75) is 26.8 Å². The summed E-state index contributed by atoms with van der Waals surface area (Å²) in [5, 5.41) is 4.45. The predicted octanol–water partition coefficient (Wildman–Crippen LogP) is 1.11. The zero-order chi connectivity index (χ0) is 9.42. The lowest BCUT2D eigenvalue weighted by Gasteiger charge is -2.25. The summed E-state index contributed by atoms with van der Waals surface area (Å²) < 4.78 is 2.03. The Balaban J connectivity index is 2.33. The van der Waals surface area contributed by atoms with Crippen LogP contribution in [0.1, 0.15) is 23.9 Å². The summed E-state index contributed by atoms with van der Waals surface area (Å²) in [7, 11) is 2.05. The van der Waals surface area contributed by atoms with Crippen LogP contribution in [0.25, 0.3) is 0 Å². The highest BCUT2D eigenvalue weighted by atomic mass is 15.3. The number of hydrogen-bond acceptors (Lipinski definition) is 2. The Labute approximate surface area is 79.3 Å². The van der Waals surface area contributed by atoms with Crippen molar-refractivity contribution in [1.82, 2.24) is 14.7 Å². The Morgan fingerprint density at radius 2 is 2.23 bits per heavy atom. The molecule has 0 atom stereocenters. The molecule has 1 aromatic heterocycles. The largest absolute Gasteiger partial charge is 0.297 e. The van der Waals surface area contributed by atoms with Crippen LogP contribution in [-0.4, -0.2) is 27.8 Å². The van der Waals surface area contributed by atoms with E-state index in [-0.39, 0.29) is 0 Å². The molecule has 0 aromatic carbocycles. The van der Waals surface area contributed by atoms with Crippen molar-refractivity contribution >= 4 is 0 Å². The number of likely N-dealkylation sites (N-methyl/N-ethyl adjacent to an activating group) is 1. The molecule has 0 saturated carbocycles. The second-order valence-electron chi connectivity index (χ2n) is 3.75. The highest BCUT2D eigenvalue weighted by Crippen LogP contribution is 2.20. The number of aromatic nitrogens is 2. The van der Waals surface area contributed by atoms with Crippen LogP contribution >= 0.6 is 0 Å². The Morgan fingerprint density at radius 3 is 2.92 bits per heavy atom. The van der Waals surface area contributed by atoms with E-state index < -0.39 is 0 Å². The van der Waals surface area contributed by atoms with Crippen LogP contribution in [0.4, 0.5) is 0 Å². The van der Waals surface area contributed by atoms with E-state index in [0.29, 0.717) is 0 Å². The summed E-state index contributed by atoms with van der Waals surface area (Å²) in [6.45, 7) is 7.73. The lowest BCUT2D eigenvalue weighted by atomic mass is 10.1. The summed E-state index contributed by atoms with van der Waals surface area (Å²) in [6, 6.07) is 0. The van der Waals surface area contributed by atoms with Crippen LogP contribution < -0.4 is 0 Å². The van der Waals surface area contributed by atoms with Gasteiger partial charge < -0.3 is 0 Å². The first kappa shape index (κ1) is 8.75. The zero-order valence-corrected chi connectivity index (χ0v) is 8.67. The quantitative estimate of drug-likeness (QED) is 0.644. The molecule has 0 amide bonds. The molecule has 72 valence electrons. The molecular weight excluding hydrogens is 162 g/mol. The molecule has 2 rings (SSSR count). The van der Waals surface area contributed by atoms with Crippen molar-refractivity contribution in [3.63, 3.8) is 0 Å². The van der Waals surface area contributed by atoms with E-state index in [1.807, 2.05) is 11.7 Å². The molecule has 0 saturated heterocycles. The van der Waals surface area contributed by atoms with Crippen molar-refractivity contribution < 1.29 is 0 Å². The van der Waals surface area contributed by atoms with Crippen LogP contribution in [0.5, 0.6) is 0 Å². The number of fused-ring (bicyclic) bond motifs is 1. The molecule has 13 heavy (non-hydrogen) atoms. The van der Waals surface area contributed by atoms with E-state index in [0.717, 1.165) is 13.1 Å². The van der Waals surface area contributed by atoms with Gasteiger partial charge in [-0.15, -0.1) is 0 Å². The standard InChI is InChI=1S/C10H17N3/c1-4-13-6-5-9-8(2)11-12(3)10(9)7-13/h4-7H2,1-3H3. The molecule has 3 heteroatoms. The fourth-order valence-corrected chi connectivity index (χ4v) is 2.10. The fraction of sp³-hybridized carbons (Fsp3) is 0.700. The highest BCUT2D eigenvalue weighted by Gasteiger charge is 2.20. The fourth-order valence-electron chi connectivity index (χ4n) is 2.10. The lowest BCUT2D eigenvalue weighted by molar-refractivity contribution is 0.260. The first-order chi connectivity index (χ1) is 6.22. The van der Waals surface area contributed by atoms with Crippen LogP contribution in [0.3, 0.4) is 0 Å². The van der Waals surface area contributed by atoms with E-state index in [1.165, 1.54) is 29.9 Å². The Bertz CT molecular complexity index is 314. The highest BCUT2D eigenvalue weighted by molar-refractivity contribution is 5.27. The molecule has 1 aliphatic heterocycles. The second-order valence-corrected chi connectivity index (χ2v) is 3.75.